The molecular formula is C14H25NO7. The molecule has 0 saturated heterocycles. The Morgan fingerprint density at radius 1 is 1.23 bits per heavy atom. The average molecular weight is 319 g/mol. The van der Waals surface area contributed by atoms with Crippen LogP contribution in [0.1, 0.15) is 26.7 Å². The third-order valence-electron chi connectivity index (χ3n) is 3.18. The molecule has 0 aromatic carbocycles. The number of esters is 1. The van der Waals surface area contributed by atoms with Crippen LogP contribution >= 0.6 is 0 Å². The highest BCUT2D eigenvalue weighted by Crippen LogP contribution is 2.23. The van der Waals surface area contributed by atoms with Crippen LogP contribution in [-0.4, -0.2) is 72.0 Å². The number of carboxylic acid groups (broad SMARTS) is 2. The quantitative estimate of drug-likeness (QED) is 0.396. The maximum absolute atomic E-state index is 11.9. The van der Waals surface area contributed by atoms with Gasteiger partial charge in [0, 0.05) is 12.4 Å². The number of rotatable bonds is 9. The van der Waals surface area contributed by atoms with E-state index in [4.69, 9.17) is 9.84 Å². The van der Waals surface area contributed by atoms with Crippen LogP contribution < -0.4 is 5.11 Å². The average Bonchev–Trinajstić information content (AvgIpc) is 2.24. The van der Waals surface area contributed by atoms with Crippen LogP contribution in [-0.2, 0) is 19.1 Å². The van der Waals surface area contributed by atoms with Gasteiger partial charge in [0.1, 0.15) is 6.54 Å². The van der Waals surface area contributed by atoms with E-state index in [-0.39, 0.29) is 6.54 Å². The van der Waals surface area contributed by atoms with Crippen molar-refractivity contribution >= 4 is 17.9 Å². The van der Waals surface area contributed by atoms with Crippen molar-refractivity contribution < 1.29 is 38.9 Å². The van der Waals surface area contributed by atoms with Crippen molar-refractivity contribution in [2.45, 2.75) is 38.4 Å². The summed E-state index contributed by atoms with van der Waals surface area (Å²) in [5, 5.41) is 29.8. The molecule has 2 atom stereocenters. The lowest BCUT2D eigenvalue weighted by Gasteiger charge is -2.31. The zero-order valence-corrected chi connectivity index (χ0v) is 13.7. The van der Waals surface area contributed by atoms with Crippen molar-refractivity contribution in [3.63, 3.8) is 0 Å². The first-order valence-electron chi connectivity index (χ1n) is 6.93. The lowest BCUT2D eigenvalue weighted by molar-refractivity contribution is -0.873. The maximum atomic E-state index is 11.9. The van der Waals surface area contributed by atoms with Crippen LogP contribution in [0.2, 0.25) is 0 Å². The zero-order valence-electron chi connectivity index (χ0n) is 13.7. The molecule has 0 aliphatic heterocycles. The number of carbonyl (C=O) groups is 3. The molecule has 22 heavy (non-hydrogen) atoms. The van der Waals surface area contributed by atoms with E-state index in [1.54, 1.807) is 21.1 Å². The molecule has 8 nitrogen and oxygen atoms in total. The number of carbonyl (C=O) groups excluding carboxylic acids is 2. The fourth-order valence-electron chi connectivity index (χ4n) is 1.91. The molecule has 2 unspecified atom stereocenters. The summed E-state index contributed by atoms with van der Waals surface area (Å²) in [5.74, 6) is -4.57. The molecule has 0 aromatic rings. The SMILES string of the molecule is CC(C)C(O)(CC(=O)OC(CC(=O)[O-])C[N+](C)(C)C)C(=O)O. The predicted octanol–water partition coefficient (Wildman–Crippen LogP) is -1.39. The first-order chi connectivity index (χ1) is 9.78. The van der Waals surface area contributed by atoms with Gasteiger partial charge >= 0.3 is 11.9 Å². The number of likely N-dealkylation sites (N-methyl/N-ethyl adjacent to an activating group) is 1. The van der Waals surface area contributed by atoms with Crippen molar-refractivity contribution in [3.8, 4) is 0 Å². The Balaban J connectivity index is 4.95. The number of ether oxygens (including phenoxy) is 1. The molecule has 0 aliphatic carbocycles. The molecule has 0 rings (SSSR count). The number of aliphatic hydroxyl groups is 1. The fourth-order valence-corrected chi connectivity index (χ4v) is 1.91. The van der Waals surface area contributed by atoms with Gasteiger partial charge in [-0.15, -0.1) is 0 Å². The molecule has 0 radical (unpaired) electrons. The Morgan fingerprint density at radius 2 is 1.73 bits per heavy atom. The second kappa shape index (κ2) is 7.55. The Bertz CT molecular complexity index is 427. The smallest absolute Gasteiger partial charge is 0.336 e. The third-order valence-corrected chi connectivity index (χ3v) is 3.18. The van der Waals surface area contributed by atoms with E-state index in [2.05, 4.69) is 0 Å². The number of hydrogen-bond acceptors (Lipinski definition) is 6. The maximum Gasteiger partial charge on any atom is 0.336 e. The Kier molecular flexibility index (Phi) is 6.98. The normalized spacial score (nSPS) is 16.0. The van der Waals surface area contributed by atoms with Crippen LogP contribution in [0.3, 0.4) is 0 Å². The zero-order chi connectivity index (χ0) is 17.7. The first kappa shape index (κ1) is 20.3. The van der Waals surface area contributed by atoms with E-state index in [1.165, 1.54) is 13.8 Å². The molecule has 0 heterocycles. The van der Waals surface area contributed by atoms with Gasteiger partial charge in [0.15, 0.2) is 11.7 Å². The molecule has 2 N–H and O–H groups in total. The van der Waals surface area contributed by atoms with E-state index in [0.29, 0.717) is 4.48 Å². The summed E-state index contributed by atoms with van der Waals surface area (Å²) in [6.45, 7) is 3.14. The van der Waals surface area contributed by atoms with Crippen molar-refractivity contribution in [3.05, 3.63) is 0 Å². The summed E-state index contributed by atoms with van der Waals surface area (Å²) in [6.07, 6.45) is -2.20. The van der Waals surface area contributed by atoms with Gasteiger partial charge in [0.05, 0.1) is 27.6 Å². The molecule has 8 heteroatoms. The lowest BCUT2D eigenvalue weighted by atomic mass is 9.87. The van der Waals surface area contributed by atoms with E-state index >= 15 is 0 Å². The number of carboxylic acids is 2. The predicted molar refractivity (Wildman–Crippen MR) is 74.4 cm³/mol. The van der Waals surface area contributed by atoms with Gasteiger partial charge in [-0.1, -0.05) is 13.8 Å². The van der Waals surface area contributed by atoms with Crippen LogP contribution in [0.15, 0.2) is 0 Å². The minimum absolute atomic E-state index is 0.215. The number of aliphatic carboxylic acids is 2. The highest BCUT2D eigenvalue weighted by atomic mass is 16.5. The monoisotopic (exact) mass is 319 g/mol. The molecule has 0 amide bonds. The summed E-state index contributed by atoms with van der Waals surface area (Å²) >= 11 is 0. The van der Waals surface area contributed by atoms with Crippen molar-refractivity contribution in [2.24, 2.45) is 5.92 Å². The minimum atomic E-state index is -2.25. The number of hydrogen-bond donors (Lipinski definition) is 2. The summed E-state index contributed by atoms with van der Waals surface area (Å²) in [4.78, 5) is 33.7. The summed E-state index contributed by atoms with van der Waals surface area (Å²) in [5.41, 5.74) is -2.25. The van der Waals surface area contributed by atoms with E-state index in [0.717, 1.165) is 0 Å². The molecule has 0 bridgehead atoms. The molecular weight excluding hydrogens is 294 g/mol. The minimum Gasteiger partial charge on any atom is -0.550 e. The van der Waals surface area contributed by atoms with Crippen LogP contribution in [0, 0.1) is 5.92 Å². The molecule has 128 valence electrons. The largest absolute Gasteiger partial charge is 0.550 e. The van der Waals surface area contributed by atoms with Gasteiger partial charge in [-0.05, 0) is 5.92 Å². The number of nitrogens with zero attached hydrogens (tertiary/aromatic N) is 1. The number of quaternary nitrogens is 1. The molecule has 0 spiro atoms. The lowest BCUT2D eigenvalue weighted by Crippen LogP contribution is -2.48. The highest BCUT2D eigenvalue weighted by molar-refractivity contribution is 5.84. The summed E-state index contributed by atoms with van der Waals surface area (Å²) < 4.78 is 5.38. The molecule has 0 fully saturated rings. The van der Waals surface area contributed by atoms with Crippen LogP contribution in [0.5, 0.6) is 0 Å². The van der Waals surface area contributed by atoms with Gasteiger partial charge in [0.25, 0.3) is 0 Å². The van der Waals surface area contributed by atoms with Crippen molar-refractivity contribution in [1.82, 2.24) is 0 Å². The molecule has 0 saturated carbocycles. The van der Waals surface area contributed by atoms with Crippen LogP contribution in [0.25, 0.3) is 0 Å². The topological polar surface area (TPSA) is 124 Å². The summed E-state index contributed by atoms with van der Waals surface area (Å²) in [7, 11) is 5.37. The standard InChI is InChI=1S/C14H25NO7/c1-9(2)14(21,13(19)20)7-12(18)22-10(6-11(16)17)8-15(3,4)5/h9-10,21H,6-8H2,1-5H3,(H-,16,17,19,20). The van der Waals surface area contributed by atoms with E-state index in [1.807, 2.05) is 0 Å². The Labute approximate surface area is 129 Å². The van der Waals surface area contributed by atoms with Gasteiger partial charge in [-0.25, -0.2) is 4.79 Å². The van der Waals surface area contributed by atoms with Gasteiger partial charge < -0.3 is 29.3 Å². The van der Waals surface area contributed by atoms with Crippen molar-refractivity contribution in [2.75, 3.05) is 27.7 Å². The van der Waals surface area contributed by atoms with Gasteiger partial charge in [-0.3, -0.25) is 4.79 Å². The molecule has 0 aromatic heterocycles. The Hall–Kier alpha value is -1.67. The molecule has 0 aliphatic rings. The second-order valence-corrected chi connectivity index (χ2v) is 6.72. The second-order valence-electron chi connectivity index (χ2n) is 6.72. The fraction of sp³-hybridized carbons (Fsp3) is 0.786. The Morgan fingerprint density at radius 3 is 2.05 bits per heavy atom. The van der Waals surface area contributed by atoms with Gasteiger partial charge in [0.2, 0.25) is 0 Å². The highest BCUT2D eigenvalue weighted by Gasteiger charge is 2.42. The third kappa shape index (κ3) is 6.86. The van der Waals surface area contributed by atoms with Crippen molar-refractivity contribution in [1.29, 1.82) is 0 Å². The first-order valence-corrected chi connectivity index (χ1v) is 6.93. The summed E-state index contributed by atoms with van der Waals surface area (Å²) in [6, 6.07) is 0. The van der Waals surface area contributed by atoms with E-state index < -0.39 is 48.4 Å². The van der Waals surface area contributed by atoms with E-state index in [9.17, 15) is 24.6 Å². The van der Waals surface area contributed by atoms with Gasteiger partial charge in [-0.2, -0.15) is 0 Å². The van der Waals surface area contributed by atoms with Crippen LogP contribution in [0.4, 0.5) is 0 Å².